The van der Waals surface area contributed by atoms with Gasteiger partial charge in [0.15, 0.2) is 0 Å². The van der Waals surface area contributed by atoms with Crippen molar-refractivity contribution in [3.8, 4) is 5.75 Å². The second kappa shape index (κ2) is 3.46. The first-order valence-corrected chi connectivity index (χ1v) is 4.69. The number of aryl methyl sites for hydroxylation is 1. The molecule has 1 heterocycles. The number of fused-ring (bicyclic) bond motifs is 1. The molecule has 0 aliphatic rings. The monoisotopic (exact) mass is 207 g/mol. The molecule has 0 spiro atoms. The third-order valence-corrected chi connectivity index (χ3v) is 2.41. The van der Waals surface area contributed by atoms with E-state index in [1.54, 1.807) is 7.11 Å². The molecular weight excluding hydrogens is 198 g/mol. The molecule has 2 rings (SSSR count). The summed E-state index contributed by atoms with van der Waals surface area (Å²) < 4.78 is 5.12. The maximum absolute atomic E-state index is 6.10. The van der Waals surface area contributed by atoms with Crippen molar-refractivity contribution in [1.82, 2.24) is 4.98 Å². The summed E-state index contributed by atoms with van der Waals surface area (Å²) in [5.41, 5.74) is 1.82. The number of aromatic nitrogens is 1. The third kappa shape index (κ3) is 1.53. The van der Waals surface area contributed by atoms with Gasteiger partial charge < -0.3 is 4.74 Å². The lowest BCUT2D eigenvalue weighted by molar-refractivity contribution is 0.415. The highest BCUT2D eigenvalue weighted by Crippen LogP contribution is 2.26. The number of benzene rings is 1. The minimum Gasteiger partial charge on any atom is -0.497 e. The van der Waals surface area contributed by atoms with Gasteiger partial charge in [-0.2, -0.15) is 0 Å². The molecule has 2 aromatic rings. The maximum atomic E-state index is 6.10. The van der Waals surface area contributed by atoms with E-state index in [-0.39, 0.29) is 0 Å². The molecule has 0 bridgehead atoms. The zero-order chi connectivity index (χ0) is 10.1. The summed E-state index contributed by atoms with van der Waals surface area (Å²) in [6, 6.07) is 7.53. The predicted octanol–water partition coefficient (Wildman–Crippen LogP) is 3.21. The molecule has 2 nitrogen and oxygen atoms in total. The summed E-state index contributed by atoms with van der Waals surface area (Å²) in [4.78, 5) is 4.37. The van der Waals surface area contributed by atoms with Gasteiger partial charge in [0.05, 0.1) is 17.6 Å². The number of hydrogen-bond acceptors (Lipinski definition) is 2. The second-order valence-corrected chi connectivity index (χ2v) is 3.54. The van der Waals surface area contributed by atoms with Crippen molar-refractivity contribution in [3.05, 3.63) is 35.0 Å². The molecule has 72 valence electrons. The van der Waals surface area contributed by atoms with E-state index in [1.165, 1.54) is 0 Å². The van der Waals surface area contributed by atoms with Gasteiger partial charge in [-0.1, -0.05) is 11.6 Å². The number of nitrogens with zero attached hydrogens (tertiary/aromatic N) is 1. The number of methoxy groups -OCH3 is 1. The molecule has 1 aromatic carbocycles. The Hall–Kier alpha value is -1.28. The smallest absolute Gasteiger partial charge is 0.119 e. The molecule has 0 saturated heterocycles. The normalized spacial score (nSPS) is 10.5. The fourth-order valence-electron chi connectivity index (χ4n) is 1.41. The Morgan fingerprint density at radius 3 is 2.79 bits per heavy atom. The lowest BCUT2D eigenvalue weighted by Crippen LogP contribution is -1.87. The summed E-state index contributed by atoms with van der Waals surface area (Å²) in [5.74, 6) is 0.796. The van der Waals surface area contributed by atoms with Crippen molar-refractivity contribution in [2.24, 2.45) is 0 Å². The van der Waals surface area contributed by atoms with Crippen molar-refractivity contribution in [2.75, 3.05) is 7.11 Å². The van der Waals surface area contributed by atoms with Gasteiger partial charge in [-0.3, -0.25) is 4.98 Å². The van der Waals surface area contributed by atoms with Crippen LogP contribution in [0, 0.1) is 6.92 Å². The van der Waals surface area contributed by atoms with Gasteiger partial charge in [0.25, 0.3) is 0 Å². The third-order valence-electron chi connectivity index (χ3n) is 2.09. The van der Waals surface area contributed by atoms with Crippen molar-refractivity contribution < 1.29 is 4.74 Å². The van der Waals surface area contributed by atoms with Crippen LogP contribution in [0.2, 0.25) is 5.02 Å². The Labute approximate surface area is 87.5 Å². The lowest BCUT2D eigenvalue weighted by atomic mass is 10.2. The number of rotatable bonds is 1. The number of ether oxygens (including phenoxy) is 1. The zero-order valence-electron chi connectivity index (χ0n) is 8.04. The Bertz CT molecular complexity index is 482. The highest BCUT2D eigenvalue weighted by atomic mass is 35.5. The topological polar surface area (TPSA) is 22.1 Å². The molecule has 0 unspecified atom stereocenters. The highest BCUT2D eigenvalue weighted by Gasteiger charge is 2.02. The van der Waals surface area contributed by atoms with Gasteiger partial charge in [-0.15, -0.1) is 0 Å². The van der Waals surface area contributed by atoms with Crippen LogP contribution in [-0.2, 0) is 0 Å². The lowest BCUT2D eigenvalue weighted by Gasteiger charge is -2.04. The number of halogens is 1. The van der Waals surface area contributed by atoms with E-state index in [2.05, 4.69) is 4.98 Å². The van der Waals surface area contributed by atoms with Gasteiger partial charge >= 0.3 is 0 Å². The van der Waals surface area contributed by atoms with E-state index >= 15 is 0 Å². The molecular formula is C11H10ClNO. The van der Waals surface area contributed by atoms with Crippen LogP contribution < -0.4 is 4.74 Å². The van der Waals surface area contributed by atoms with Crippen LogP contribution in [0.4, 0.5) is 0 Å². The minimum atomic E-state index is 0.714. The molecule has 0 saturated carbocycles. The van der Waals surface area contributed by atoms with Crippen LogP contribution in [-0.4, -0.2) is 12.1 Å². The van der Waals surface area contributed by atoms with Gasteiger partial charge in [0, 0.05) is 11.1 Å². The molecule has 0 aliphatic heterocycles. The average molecular weight is 208 g/mol. The fraction of sp³-hybridized carbons (Fsp3) is 0.182. The SMILES string of the molecule is COc1ccc2nc(C)cc(Cl)c2c1. The summed E-state index contributed by atoms with van der Waals surface area (Å²) in [6.45, 7) is 1.93. The predicted molar refractivity (Wildman–Crippen MR) is 58.0 cm³/mol. The van der Waals surface area contributed by atoms with Crippen molar-refractivity contribution in [3.63, 3.8) is 0 Å². The molecule has 1 aromatic heterocycles. The van der Waals surface area contributed by atoms with E-state index in [1.807, 2.05) is 31.2 Å². The molecule has 0 atom stereocenters. The van der Waals surface area contributed by atoms with Crippen LogP contribution in [0.3, 0.4) is 0 Å². The maximum Gasteiger partial charge on any atom is 0.119 e. The molecule has 14 heavy (non-hydrogen) atoms. The van der Waals surface area contributed by atoms with Crippen molar-refractivity contribution in [2.45, 2.75) is 6.92 Å². The van der Waals surface area contributed by atoms with Gasteiger partial charge in [0.2, 0.25) is 0 Å². The van der Waals surface area contributed by atoms with Gasteiger partial charge in [-0.25, -0.2) is 0 Å². The molecule has 0 aliphatic carbocycles. The van der Waals surface area contributed by atoms with E-state index in [0.29, 0.717) is 5.02 Å². The summed E-state index contributed by atoms with van der Waals surface area (Å²) in [6.07, 6.45) is 0. The summed E-state index contributed by atoms with van der Waals surface area (Å²) in [5, 5.41) is 1.64. The van der Waals surface area contributed by atoms with Gasteiger partial charge in [0.1, 0.15) is 5.75 Å². The fourth-order valence-corrected chi connectivity index (χ4v) is 1.72. The number of hydrogen-bond donors (Lipinski definition) is 0. The van der Waals surface area contributed by atoms with Crippen molar-refractivity contribution in [1.29, 1.82) is 0 Å². The first-order valence-electron chi connectivity index (χ1n) is 4.31. The molecule has 0 radical (unpaired) electrons. The first kappa shape index (κ1) is 9.28. The van der Waals surface area contributed by atoms with E-state index < -0.39 is 0 Å². The highest BCUT2D eigenvalue weighted by molar-refractivity contribution is 6.35. The molecule has 0 N–H and O–H groups in total. The van der Waals surface area contributed by atoms with Crippen LogP contribution in [0.5, 0.6) is 5.75 Å². The Balaban J connectivity index is 2.75. The second-order valence-electron chi connectivity index (χ2n) is 3.13. The summed E-state index contributed by atoms with van der Waals surface area (Å²) in [7, 11) is 1.64. The Morgan fingerprint density at radius 1 is 1.29 bits per heavy atom. The minimum absolute atomic E-state index is 0.714. The molecule has 3 heteroatoms. The standard InChI is InChI=1S/C11H10ClNO/c1-7-5-10(12)9-6-8(14-2)3-4-11(9)13-7/h3-6H,1-2H3. The molecule has 0 amide bonds. The van der Waals surface area contributed by atoms with E-state index in [9.17, 15) is 0 Å². The van der Waals surface area contributed by atoms with Gasteiger partial charge in [-0.05, 0) is 31.2 Å². The van der Waals surface area contributed by atoms with Crippen LogP contribution in [0.25, 0.3) is 10.9 Å². The first-order chi connectivity index (χ1) is 6.70. The zero-order valence-corrected chi connectivity index (χ0v) is 8.80. The average Bonchev–Trinajstić information content (AvgIpc) is 2.17. The van der Waals surface area contributed by atoms with Crippen LogP contribution in [0.15, 0.2) is 24.3 Å². The van der Waals surface area contributed by atoms with E-state index in [0.717, 1.165) is 22.3 Å². The Morgan fingerprint density at radius 2 is 2.07 bits per heavy atom. The van der Waals surface area contributed by atoms with E-state index in [4.69, 9.17) is 16.3 Å². The van der Waals surface area contributed by atoms with Crippen molar-refractivity contribution >= 4 is 22.5 Å². The summed E-state index contributed by atoms with van der Waals surface area (Å²) >= 11 is 6.10. The Kier molecular flexibility index (Phi) is 2.30. The van der Waals surface area contributed by atoms with Crippen LogP contribution >= 0.6 is 11.6 Å². The quantitative estimate of drug-likeness (QED) is 0.717. The molecule has 0 fully saturated rings. The number of pyridine rings is 1. The largest absolute Gasteiger partial charge is 0.497 e. The van der Waals surface area contributed by atoms with Crippen LogP contribution in [0.1, 0.15) is 5.69 Å².